The van der Waals surface area contributed by atoms with Gasteiger partial charge in [0.1, 0.15) is 17.0 Å². The molecule has 0 spiro atoms. The van der Waals surface area contributed by atoms with Gasteiger partial charge >= 0.3 is 7.12 Å². The highest BCUT2D eigenvalue weighted by Gasteiger charge is 2.52. The third kappa shape index (κ3) is 2.03. The zero-order valence-corrected chi connectivity index (χ0v) is 13.6. The van der Waals surface area contributed by atoms with E-state index in [4.69, 9.17) is 13.7 Å². The van der Waals surface area contributed by atoms with Gasteiger partial charge in [0, 0.05) is 5.39 Å². The molecule has 0 unspecified atom stereocenters. The lowest BCUT2D eigenvalue weighted by Crippen LogP contribution is -2.41. The van der Waals surface area contributed by atoms with Crippen molar-refractivity contribution in [2.45, 2.75) is 38.9 Å². The number of fused-ring (bicyclic) bond motifs is 3. The highest BCUT2D eigenvalue weighted by molar-refractivity contribution is 6.66. The zero-order valence-electron chi connectivity index (χ0n) is 13.6. The van der Waals surface area contributed by atoms with Gasteiger partial charge in [0.15, 0.2) is 0 Å². The van der Waals surface area contributed by atoms with E-state index < -0.39 is 18.3 Å². The van der Waals surface area contributed by atoms with Crippen LogP contribution in [-0.4, -0.2) is 18.3 Å². The molecular formula is C18H18BFO3. The van der Waals surface area contributed by atoms with E-state index in [-0.39, 0.29) is 5.82 Å². The Morgan fingerprint density at radius 2 is 1.39 bits per heavy atom. The van der Waals surface area contributed by atoms with Gasteiger partial charge in [0.2, 0.25) is 0 Å². The lowest BCUT2D eigenvalue weighted by Gasteiger charge is -2.32. The van der Waals surface area contributed by atoms with E-state index in [0.29, 0.717) is 16.6 Å². The van der Waals surface area contributed by atoms with Gasteiger partial charge < -0.3 is 13.7 Å². The molecule has 2 aromatic carbocycles. The first-order chi connectivity index (χ1) is 10.8. The van der Waals surface area contributed by atoms with Crippen molar-refractivity contribution < 1.29 is 18.1 Å². The second-order valence-electron chi connectivity index (χ2n) is 7.02. The first-order valence-electron chi connectivity index (χ1n) is 7.75. The van der Waals surface area contributed by atoms with Crippen LogP contribution >= 0.6 is 0 Å². The third-order valence-electron chi connectivity index (χ3n) is 5.01. The Morgan fingerprint density at radius 1 is 0.826 bits per heavy atom. The third-order valence-corrected chi connectivity index (χ3v) is 5.01. The number of furan rings is 1. The Labute approximate surface area is 134 Å². The first-order valence-corrected chi connectivity index (χ1v) is 7.75. The fourth-order valence-electron chi connectivity index (χ4n) is 3.02. The molecule has 1 aromatic heterocycles. The molecule has 0 amide bonds. The molecule has 1 fully saturated rings. The van der Waals surface area contributed by atoms with Crippen LogP contribution in [0.1, 0.15) is 27.7 Å². The van der Waals surface area contributed by atoms with Gasteiger partial charge in [-0.05, 0) is 51.4 Å². The second kappa shape index (κ2) is 4.59. The fourth-order valence-corrected chi connectivity index (χ4v) is 3.02. The van der Waals surface area contributed by atoms with E-state index >= 15 is 0 Å². The van der Waals surface area contributed by atoms with Crippen molar-refractivity contribution in [3.63, 3.8) is 0 Å². The second-order valence-corrected chi connectivity index (χ2v) is 7.02. The predicted molar refractivity (Wildman–Crippen MR) is 89.4 cm³/mol. The summed E-state index contributed by atoms with van der Waals surface area (Å²) >= 11 is 0. The highest BCUT2D eigenvalue weighted by atomic mass is 19.1. The van der Waals surface area contributed by atoms with E-state index in [0.717, 1.165) is 10.8 Å². The SMILES string of the molecule is CC1(C)OB(c2cccc3oc4cccc(F)c4c23)OC1(C)C. The van der Waals surface area contributed by atoms with Crippen LogP contribution in [0, 0.1) is 5.82 Å². The number of halogens is 1. The van der Waals surface area contributed by atoms with Crippen molar-refractivity contribution in [3.8, 4) is 0 Å². The molecule has 0 aliphatic carbocycles. The van der Waals surface area contributed by atoms with Crippen LogP contribution in [0.5, 0.6) is 0 Å². The maximum Gasteiger partial charge on any atom is 0.495 e. The fraction of sp³-hybridized carbons (Fsp3) is 0.333. The van der Waals surface area contributed by atoms with Crippen molar-refractivity contribution in [2.24, 2.45) is 0 Å². The Kier molecular flexibility index (Phi) is 2.94. The van der Waals surface area contributed by atoms with Crippen molar-refractivity contribution in [3.05, 3.63) is 42.2 Å². The van der Waals surface area contributed by atoms with Gasteiger partial charge in [-0.2, -0.15) is 0 Å². The van der Waals surface area contributed by atoms with Crippen molar-refractivity contribution in [1.82, 2.24) is 0 Å². The average molecular weight is 312 g/mol. The molecule has 1 saturated heterocycles. The number of hydrogen-bond acceptors (Lipinski definition) is 3. The molecule has 5 heteroatoms. The smallest absolute Gasteiger partial charge is 0.456 e. The van der Waals surface area contributed by atoms with Crippen LogP contribution in [0.3, 0.4) is 0 Å². The molecule has 4 rings (SSSR count). The first kappa shape index (κ1) is 14.7. The summed E-state index contributed by atoms with van der Waals surface area (Å²) in [6.45, 7) is 8.00. The van der Waals surface area contributed by atoms with E-state index in [9.17, 15) is 4.39 Å². The van der Waals surface area contributed by atoms with Gasteiger partial charge in [-0.25, -0.2) is 4.39 Å². The highest BCUT2D eigenvalue weighted by Crippen LogP contribution is 2.38. The summed E-state index contributed by atoms with van der Waals surface area (Å²) in [5.41, 5.74) is 1.07. The van der Waals surface area contributed by atoms with Crippen LogP contribution in [0.15, 0.2) is 40.8 Å². The zero-order chi connectivity index (χ0) is 16.4. The maximum absolute atomic E-state index is 14.4. The molecule has 3 aromatic rings. The van der Waals surface area contributed by atoms with Crippen molar-refractivity contribution in [2.75, 3.05) is 0 Å². The van der Waals surface area contributed by atoms with Gasteiger partial charge in [-0.1, -0.05) is 18.2 Å². The lowest BCUT2D eigenvalue weighted by molar-refractivity contribution is 0.00578. The number of rotatable bonds is 1. The molecule has 1 aliphatic heterocycles. The summed E-state index contributed by atoms with van der Waals surface area (Å²) in [6, 6.07) is 10.5. The van der Waals surface area contributed by atoms with E-state index in [2.05, 4.69) is 0 Å². The minimum Gasteiger partial charge on any atom is -0.456 e. The number of benzene rings is 2. The van der Waals surface area contributed by atoms with Crippen LogP contribution < -0.4 is 5.46 Å². The minimum absolute atomic E-state index is 0.301. The maximum atomic E-state index is 14.4. The molecule has 0 N–H and O–H groups in total. The standard InChI is InChI=1S/C18H18BFO3/c1-17(2)18(3,4)23-19(22-17)11-7-5-9-13-15(11)16-12(20)8-6-10-14(16)21-13/h5-10H,1-4H3. The van der Waals surface area contributed by atoms with E-state index in [1.54, 1.807) is 12.1 Å². The van der Waals surface area contributed by atoms with Crippen LogP contribution in [0.2, 0.25) is 0 Å². The minimum atomic E-state index is -0.552. The monoisotopic (exact) mass is 312 g/mol. The molecule has 23 heavy (non-hydrogen) atoms. The molecule has 0 bridgehead atoms. The number of hydrogen-bond donors (Lipinski definition) is 0. The van der Waals surface area contributed by atoms with Gasteiger partial charge in [0.05, 0.1) is 16.6 Å². The Hall–Kier alpha value is -1.85. The van der Waals surface area contributed by atoms with Gasteiger partial charge in [-0.3, -0.25) is 0 Å². The Morgan fingerprint density at radius 3 is 2.04 bits per heavy atom. The molecule has 118 valence electrons. The lowest BCUT2D eigenvalue weighted by atomic mass is 9.76. The summed E-state index contributed by atoms with van der Waals surface area (Å²) in [6.07, 6.45) is 0. The van der Waals surface area contributed by atoms with Crippen LogP contribution in [0.25, 0.3) is 21.9 Å². The summed E-state index contributed by atoms with van der Waals surface area (Å²) < 4.78 is 32.4. The molecule has 2 heterocycles. The Bertz CT molecular complexity index is 897. The van der Waals surface area contributed by atoms with E-state index in [1.807, 2.05) is 45.9 Å². The quantitative estimate of drug-likeness (QED) is 0.636. The van der Waals surface area contributed by atoms with Crippen molar-refractivity contribution in [1.29, 1.82) is 0 Å². The topological polar surface area (TPSA) is 31.6 Å². The van der Waals surface area contributed by atoms with Gasteiger partial charge in [0.25, 0.3) is 0 Å². The summed E-state index contributed by atoms with van der Waals surface area (Å²) in [5, 5.41) is 1.20. The van der Waals surface area contributed by atoms with Gasteiger partial charge in [-0.15, -0.1) is 0 Å². The average Bonchev–Trinajstić information content (AvgIpc) is 2.94. The molecule has 0 saturated carbocycles. The van der Waals surface area contributed by atoms with Crippen LogP contribution in [-0.2, 0) is 9.31 Å². The molecule has 1 aliphatic rings. The Balaban J connectivity index is 1.97. The summed E-state index contributed by atoms with van der Waals surface area (Å²) in [7, 11) is -0.552. The molecular weight excluding hydrogens is 294 g/mol. The largest absolute Gasteiger partial charge is 0.495 e. The molecule has 3 nitrogen and oxygen atoms in total. The van der Waals surface area contributed by atoms with E-state index in [1.165, 1.54) is 6.07 Å². The van der Waals surface area contributed by atoms with Crippen molar-refractivity contribution >= 4 is 34.5 Å². The predicted octanol–water partition coefficient (Wildman–Crippen LogP) is 4.02. The summed E-state index contributed by atoms with van der Waals surface area (Å²) in [4.78, 5) is 0. The normalized spacial score (nSPS) is 19.8. The molecule has 0 atom stereocenters. The summed E-state index contributed by atoms with van der Waals surface area (Å²) in [5.74, 6) is -0.301. The van der Waals surface area contributed by atoms with Crippen LogP contribution in [0.4, 0.5) is 4.39 Å². The molecule has 0 radical (unpaired) electrons.